The molecule has 0 saturated carbocycles. The number of carbonyl (C=O) groups excluding carboxylic acids is 1. The van der Waals surface area contributed by atoms with Gasteiger partial charge in [0.1, 0.15) is 5.75 Å². The zero-order valence-corrected chi connectivity index (χ0v) is 20.4. The van der Waals surface area contributed by atoms with Crippen LogP contribution in [-0.2, 0) is 13.1 Å². The molecule has 0 saturated heterocycles. The second-order valence-corrected chi connectivity index (χ2v) is 6.85. The predicted octanol–water partition coefficient (Wildman–Crippen LogP) is 2.47. The maximum atomic E-state index is 12.3. The lowest BCUT2D eigenvalue weighted by molar-refractivity contribution is 0.0951. The van der Waals surface area contributed by atoms with Gasteiger partial charge in [-0.1, -0.05) is 30.3 Å². The lowest BCUT2D eigenvalue weighted by atomic mass is 10.1. The van der Waals surface area contributed by atoms with Crippen molar-refractivity contribution < 1.29 is 9.53 Å². The molecule has 164 valence electrons. The third-order valence-electron chi connectivity index (χ3n) is 4.36. The number of halogens is 1. The van der Waals surface area contributed by atoms with Gasteiger partial charge in [-0.3, -0.25) is 9.79 Å². The normalized spacial score (nSPS) is 10.9. The van der Waals surface area contributed by atoms with Crippen LogP contribution >= 0.6 is 24.0 Å². The first kappa shape index (κ1) is 25.7. The molecule has 0 spiro atoms. The van der Waals surface area contributed by atoms with Crippen molar-refractivity contribution in [2.75, 3.05) is 41.3 Å². The Labute approximate surface area is 196 Å². The first-order valence-electron chi connectivity index (χ1n) is 9.61. The molecule has 0 heterocycles. The molecule has 0 bridgehead atoms. The SMILES string of the molecule is CN=C(NCc1cccc(C(=O)NCCN(C)C)c1)NCc1ccccc1OC.I. The summed E-state index contributed by atoms with van der Waals surface area (Å²) in [5.41, 5.74) is 2.71. The quantitative estimate of drug-likeness (QED) is 0.267. The van der Waals surface area contributed by atoms with E-state index in [2.05, 4.69) is 20.9 Å². The Hall–Kier alpha value is -2.33. The maximum absolute atomic E-state index is 12.3. The van der Waals surface area contributed by atoms with Crippen molar-refractivity contribution in [1.29, 1.82) is 0 Å². The maximum Gasteiger partial charge on any atom is 0.251 e. The van der Waals surface area contributed by atoms with Crippen LogP contribution in [-0.4, -0.2) is 58.1 Å². The van der Waals surface area contributed by atoms with Crippen molar-refractivity contribution in [3.05, 3.63) is 65.2 Å². The van der Waals surface area contributed by atoms with Crippen molar-refractivity contribution in [1.82, 2.24) is 20.9 Å². The number of amides is 1. The largest absolute Gasteiger partial charge is 0.496 e. The number of hydrogen-bond acceptors (Lipinski definition) is 4. The van der Waals surface area contributed by atoms with E-state index in [0.717, 1.165) is 23.4 Å². The van der Waals surface area contributed by atoms with Crippen LogP contribution in [0.2, 0.25) is 0 Å². The molecular formula is C22H32IN5O2. The van der Waals surface area contributed by atoms with Crippen molar-refractivity contribution in [3.63, 3.8) is 0 Å². The van der Waals surface area contributed by atoms with Crippen molar-refractivity contribution in [2.45, 2.75) is 13.1 Å². The van der Waals surface area contributed by atoms with Crippen molar-refractivity contribution in [3.8, 4) is 5.75 Å². The first-order valence-corrected chi connectivity index (χ1v) is 9.61. The summed E-state index contributed by atoms with van der Waals surface area (Å²) >= 11 is 0. The highest BCUT2D eigenvalue weighted by molar-refractivity contribution is 14.0. The number of aliphatic imine (C=N–C) groups is 1. The molecule has 3 N–H and O–H groups in total. The summed E-state index contributed by atoms with van der Waals surface area (Å²) in [6.07, 6.45) is 0. The molecule has 2 aromatic carbocycles. The average Bonchev–Trinajstić information content (AvgIpc) is 2.74. The number of nitrogens with zero attached hydrogens (tertiary/aromatic N) is 2. The molecule has 0 aliphatic heterocycles. The molecule has 0 aliphatic rings. The standard InChI is InChI=1S/C22H31N5O2.HI/c1-23-22(26-16-19-9-5-6-11-20(19)29-4)25-15-17-8-7-10-18(14-17)21(28)24-12-13-27(2)3;/h5-11,14H,12-13,15-16H2,1-4H3,(H,24,28)(H2,23,25,26);1H. The van der Waals surface area contributed by atoms with Crippen LogP contribution in [0.5, 0.6) is 5.75 Å². The second-order valence-electron chi connectivity index (χ2n) is 6.85. The Morgan fingerprint density at radius 2 is 1.77 bits per heavy atom. The van der Waals surface area contributed by atoms with E-state index in [9.17, 15) is 4.79 Å². The molecule has 7 nitrogen and oxygen atoms in total. The number of likely N-dealkylation sites (N-methyl/N-ethyl adjacent to an activating group) is 1. The molecule has 0 radical (unpaired) electrons. The molecule has 0 fully saturated rings. The smallest absolute Gasteiger partial charge is 0.251 e. The fourth-order valence-electron chi connectivity index (χ4n) is 2.75. The number of hydrogen-bond donors (Lipinski definition) is 3. The highest BCUT2D eigenvalue weighted by Gasteiger charge is 2.07. The third-order valence-corrected chi connectivity index (χ3v) is 4.36. The van der Waals surface area contributed by atoms with Gasteiger partial charge in [-0.25, -0.2) is 0 Å². The van der Waals surface area contributed by atoms with E-state index >= 15 is 0 Å². The number of ether oxygens (including phenoxy) is 1. The van der Waals surface area contributed by atoms with E-state index in [-0.39, 0.29) is 29.9 Å². The Balaban J connectivity index is 0.00000450. The van der Waals surface area contributed by atoms with E-state index in [1.165, 1.54) is 0 Å². The summed E-state index contributed by atoms with van der Waals surface area (Å²) in [5, 5.41) is 9.49. The summed E-state index contributed by atoms with van der Waals surface area (Å²) in [6, 6.07) is 15.5. The summed E-state index contributed by atoms with van der Waals surface area (Å²) in [7, 11) is 7.35. The third kappa shape index (κ3) is 8.58. The molecule has 2 rings (SSSR count). The lowest BCUT2D eigenvalue weighted by Gasteiger charge is -2.14. The first-order chi connectivity index (χ1) is 14.0. The highest BCUT2D eigenvalue weighted by Crippen LogP contribution is 2.16. The lowest BCUT2D eigenvalue weighted by Crippen LogP contribution is -2.36. The number of rotatable bonds is 9. The van der Waals surface area contributed by atoms with Gasteiger partial charge in [0.25, 0.3) is 5.91 Å². The number of para-hydroxylation sites is 1. The Morgan fingerprint density at radius 3 is 2.47 bits per heavy atom. The summed E-state index contributed by atoms with van der Waals surface area (Å²) in [5.74, 6) is 1.45. The molecule has 0 aromatic heterocycles. The zero-order chi connectivity index (χ0) is 21.1. The average molecular weight is 525 g/mol. The van der Waals surface area contributed by atoms with Gasteiger partial charge in [0.05, 0.1) is 7.11 Å². The van der Waals surface area contributed by atoms with E-state index in [1.807, 2.05) is 67.5 Å². The van der Waals surface area contributed by atoms with Crippen LogP contribution < -0.4 is 20.7 Å². The number of methoxy groups -OCH3 is 1. The molecule has 0 unspecified atom stereocenters. The van der Waals surface area contributed by atoms with Gasteiger partial charge in [0.15, 0.2) is 5.96 Å². The molecule has 0 aliphatic carbocycles. The van der Waals surface area contributed by atoms with Gasteiger partial charge in [0.2, 0.25) is 0 Å². The van der Waals surface area contributed by atoms with Crippen molar-refractivity contribution in [2.24, 2.45) is 4.99 Å². The van der Waals surface area contributed by atoms with Crippen LogP contribution in [0.4, 0.5) is 0 Å². The van der Waals surface area contributed by atoms with E-state index < -0.39 is 0 Å². The Kier molecular flexibility index (Phi) is 11.8. The molecule has 2 aromatic rings. The van der Waals surface area contributed by atoms with Gasteiger partial charge in [-0.2, -0.15) is 0 Å². The Morgan fingerprint density at radius 1 is 1.03 bits per heavy atom. The second kappa shape index (κ2) is 13.8. The van der Waals surface area contributed by atoms with Crippen LogP contribution in [0.3, 0.4) is 0 Å². The van der Waals surface area contributed by atoms with Crippen molar-refractivity contribution >= 4 is 35.8 Å². The number of nitrogens with one attached hydrogen (secondary N) is 3. The number of guanidine groups is 1. The fourth-order valence-corrected chi connectivity index (χ4v) is 2.75. The van der Waals surface area contributed by atoms with E-state index in [1.54, 1.807) is 14.2 Å². The fraction of sp³-hybridized carbons (Fsp3) is 0.364. The van der Waals surface area contributed by atoms with Crippen LogP contribution in [0.15, 0.2) is 53.5 Å². The van der Waals surface area contributed by atoms with Gasteiger partial charge >= 0.3 is 0 Å². The van der Waals surface area contributed by atoms with Crippen LogP contribution in [0, 0.1) is 0 Å². The topological polar surface area (TPSA) is 78.0 Å². The van der Waals surface area contributed by atoms with Crippen LogP contribution in [0.25, 0.3) is 0 Å². The predicted molar refractivity (Wildman–Crippen MR) is 133 cm³/mol. The van der Waals surface area contributed by atoms with Gasteiger partial charge < -0.3 is 25.6 Å². The minimum atomic E-state index is -0.0626. The van der Waals surface area contributed by atoms with Gasteiger partial charge in [-0.05, 0) is 37.9 Å². The van der Waals surface area contributed by atoms with Crippen LogP contribution in [0.1, 0.15) is 21.5 Å². The monoisotopic (exact) mass is 525 g/mol. The summed E-state index contributed by atoms with van der Waals surface area (Å²) < 4.78 is 5.38. The van der Waals surface area contributed by atoms with Gasteiger partial charge in [0, 0.05) is 44.4 Å². The molecule has 8 heteroatoms. The zero-order valence-electron chi connectivity index (χ0n) is 18.1. The van der Waals surface area contributed by atoms with Gasteiger partial charge in [-0.15, -0.1) is 24.0 Å². The minimum Gasteiger partial charge on any atom is -0.496 e. The number of benzene rings is 2. The Bertz CT molecular complexity index is 827. The number of carbonyl (C=O) groups is 1. The molecule has 1 amide bonds. The van der Waals surface area contributed by atoms with E-state index in [4.69, 9.17) is 4.74 Å². The molecule has 30 heavy (non-hydrogen) atoms. The molecule has 0 atom stereocenters. The molecular weight excluding hydrogens is 493 g/mol. The minimum absolute atomic E-state index is 0. The van der Waals surface area contributed by atoms with E-state index in [0.29, 0.717) is 31.2 Å². The highest BCUT2D eigenvalue weighted by atomic mass is 127. The summed E-state index contributed by atoms with van der Waals surface area (Å²) in [4.78, 5) is 18.6. The summed E-state index contributed by atoms with van der Waals surface area (Å²) in [6.45, 7) is 2.58.